The second-order valence-electron chi connectivity index (χ2n) is 8.38. The zero-order chi connectivity index (χ0) is 26.0. The number of rotatable bonds is 13. The average Bonchev–Trinajstić information content (AvgIpc) is 2.78. The van der Waals surface area contributed by atoms with Crippen molar-refractivity contribution >= 4 is 25.5 Å². The van der Waals surface area contributed by atoms with E-state index in [0.717, 1.165) is 11.1 Å². The molecule has 5 N–H and O–H groups in total. The summed E-state index contributed by atoms with van der Waals surface area (Å²) < 4.78 is 17.1. The second-order valence-corrected chi connectivity index (χ2v) is 9.94. The average molecular weight is 506 g/mol. The van der Waals surface area contributed by atoms with E-state index in [1.165, 1.54) is 6.92 Å². The van der Waals surface area contributed by atoms with Gasteiger partial charge < -0.3 is 20.6 Å². The molecule has 0 aliphatic carbocycles. The summed E-state index contributed by atoms with van der Waals surface area (Å²) in [6.07, 6.45) is 3.55. The van der Waals surface area contributed by atoms with E-state index in [1.54, 1.807) is 38.4 Å². The topological polar surface area (TPSA) is 167 Å². The Kier molecular flexibility index (Phi) is 10.5. The molecule has 0 spiro atoms. The Hall–Kier alpha value is -3.11. The molecule has 0 saturated carbocycles. The number of pyridine rings is 1. The summed E-state index contributed by atoms with van der Waals surface area (Å²) in [4.78, 5) is 49.8. The Labute approximate surface area is 203 Å². The van der Waals surface area contributed by atoms with Gasteiger partial charge in [0.05, 0.1) is 6.04 Å². The zero-order valence-corrected chi connectivity index (χ0v) is 20.7. The molecule has 3 atom stereocenters. The van der Waals surface area contributed by atoms with Crippen molar-refractivity contribution in [3.05, 3.63) is 54.4 Å². The van der Waals surface area contributed by atoms with Crippen LogP contribution >= 0.6 is 7.75 Å². The largest absolute Gasteiger partial charge is 0.480 e. The molecule has 0 fully saturated rings. The first-order chi connectivity index (χ1) is 16.5. The highest BCUT2D eigenvalue weighted by atomic mass is 31.2. The summed E-state index contributed by atoms with van der Waals surface area (Å²) in [5.41, 5.74) is 2.51. The number of benzene rings is 1. The van der Waals surface area contributed by atoms with Gasteiger partial charge in [0.2, 0.25) is 11.8 Å². The predicted octanol–water partition coefficient (Wildman–Crippen LogP) is 2.08. The normalized spacial score (nSPS) is 14.5. The Morgan fingerprint density at radius 2 is 1.77 bits per heavy atom. The molecule has 1 aromatic carbocycles. The van der Waals surface area contributed by atoms with Crippen LogP contribution in [0.2, 0.25) is 0 Å². The van der Waals surface area contributed by atoms with Gasteiger partial charge in [-0.1, -0.05) is 44.2 Å². The molecule has 1 aromatic heterocycles. The molecule has 35 heavy (non-hydrogen) atoms. The smallest absolute Gasteiger partial charge is 0.405 e. The van der Waals surface area contributed by atoms with Crippen molar-refractivity contribution in [2.45, 2.75) is 45.7 Å². The molecule has 0 aliphatic heterocycles. The second kappa shape index (κ2) is 13.1. The standard InChI is InChI=1S/C23H31N4O7P/c1-15(2)11-20(27-35(32,33)34-14-25-16(3)28)22(29)26-21(23(30)31)12-17-6-8-18(9-7-17)19-5-4-10-24-13-19/h4-10,13,15,20-21H,11-12,14H2,1-3H3,(H,25,28)(H,26,29)(H,30,31)(H2,27,32,33)/t20-,21-/m0/s1. The third-order valence-electron chi connectivity index (χ3n) is 4.91. The maximum atomic E-state index is 12.9. The lowest BCUT2D eigenvalue weighted by molar-refractivity contribution is -0.142. The van der Waals surface area contributed by atoms with Gasteiger partial charge in [-0.25, -0.2) is 14.4 Å². The van der Waals surface area contributed by atoms with Crippen LogP contribution in [0.5, 0.6) is 0 Å². The van der Waals surface area contributed by atoms with Gasteiger partial charge in [0.15, 0.2) is 0 Å². The molecule has 0 saturated heterocycles. The van der Waals surface area contributed by atoms with Crippen LogP contribution in [0.3, 0.4) is 0 Å². The highest BCUT2D eigenvalue weighted by molar-refractivity contribution is 7.50. The van der Waals surface area contributed by atoms with E-state index in [1.807, 2.05) is 24.3 Å². The van der Waals surface area contributed by atoms with Crippen molar-refractivity contribution < 1.29 is 33.5 Å². The van der Waals surface area contributed by atoms with E-state index >= 15 is 0 Å². The highest BCUT2D eigenvalue weighted by Crippen LogP contribution is 2.37. The third-order valence-corrected chi connectivity index (χ3v) is 6.02. The number of amides is 2. The van der Waals surface area contributed by atoms with Gasteiger partial charge in [-0.3, -0.25) is 19.1 Å². The number of nitrogens with zero attached hydrogens (tertiary/aromatic N) is 1. The van der Waals surface area contributed by atoms with Gasteiger partial charge in [-0.15, -0.1) is 0 Å². The monoisotopic (exact) mass is 506 g/mol. The number of nitrogens with one attached hydrogen (secondary N) is 3. The third kappa shape index (κ3) is 9.96. The minimum Gasteiger partial charge on any atom is -0.480 e. The maximum absolute atomic E-state index is 12.9. The first-order valence-corrected chi connectivity index (χ1v) is 12.6. The molecule has 11 nitrogen and oxygen atoms in total. The van der Waals surface area contributed by atoms with Gasteiger partial charge in [-0.05, 0) is 35.1 Å². The van der Waals surface area contributed by atoms with Crippen LogP contribution in [0.1, 0.15) is 32.8 Å². The van der Waals surface area contributed by atoms with Crippen LogP contribution in [0, 0.1) is 5.92 Å². The number of carboxylic acids is 1. The molecule has 2 amide bonds. The van der Waals surface area contributed by atoms with Crippen LogP contribution in [0.15, 0.2) is 48.8 Å². The molecule has 1 unspecified atom stereocenters. The number of hydrogen-bond acceptors (Lipinski definition) is 6. The van der Waals surface area contributed by atoms with Crippen LogP contribution in [-0.4, -0.2) is 51.6 Å². The van der Waals surface area contributed by atoms with E-state index in [0.29, 0.717) is 5.56 Å². The Morgan fingerprint density at radius 3 is 2.31 bits per heavy atom. The van der Waals surface area contributed by atoms with Crippen LogP contribution in [0.4, 0.5) is 0 Å². The summed E-state index contributed by atoms with van der Waals surface area (Å²) >= 11 is 0. The fourth-order valence-corrected chi connectivity index (χ4v) is 4.15. The van der Waals surface area contributed by atoms with Crippen molar-refractivity contribution in [3.8, 4) is 11.1 Å². The van der Waals surface area contributed by atoms with Gasteiger partial charge in [0.1, 0.15) is 12.8 Å². The molecular weight excluding hydrogens is 475 g/mol. The van der Waals surface area contributed by atoms with Gasteiger partial charge in [-0.2, -0.15) is 0 Å². The first-order valence-electron chi connectivity index (χ1n) is 11.0. The SMILES string of the molecule is CC(=O)NCOP(=O)(O)N[C@@H](CC(C)C)C(=O)N[C@@H](Cc1ccc(-c2cccnc2)cc1)C(=O)O. The number of carboxylic acid groups (broad SMARTS) is 1. The van der Waals surface area contributed by atoms with E-state index in [2.05, 4.69) is 20.7 Å². The molecule has 2 rings (SSSR count). The lowest BCUT2D eigenvalue weighted by atomic mass is 10.0. The van der Waals surface area contributed by atoms with Crippen molar-refractivity contribution in [2.24, 2.45) is 5.92 Å². The fraction of sp³-hybridized carbons (Fsp3) is 0.391. The molecule has 0 bridgehead atoms. The highest BCUT2D eigenvalue weighted by Gasteiger charge is 2.32. The number of aliphatic carboxylic acids is 1. The zero-order valence-electron chi connectivity index (χ0n) is 19.8. The quantitative estimate of drug-likeness (QED) is 0.202. The molecule has 12 heteroatoms. The number of aromatic nitrogens is 1. The Morgan fingerprint density at radius 1 is 1.09 bits per heavy atom. The summed E-state index contributed by atoms with van der Waals surface area (Å²) in [6.45, 7) is 4.30. The van der Waals surface area contributed by atoms with Crippen molar-refractivity contribution in [3.63, 3.8) is 0 Å². The maximum Gasteiger partial charge on any atom is 0.405 e. The lowest BCUT2D eigenvalue weighted by Gasteiger charge is -2.24. The van der Waals surface area contributed by atoms with Crippen molar-refractivity contribution in [1.29, 1.82) is 0 Å². The van der Waals surface area contributed by atoms with Crippen LogP contribution < -0.4 is 15.7 Å². The number of carbonyl (C=O) groups is 3. The van der Waals surface area contributed by atoms with Crippen LogP contribution in [0.25, 0.3) is 11.1 Å². The molecule has 0 aliphatic rings. The van der Waals surface area contributed by atoms with E-state index in [-0.39, 0.29) is 18.8 Å². The van der Waals surface area contributed by atoms with Crippen molar-refractivity contribution in [1.82, 2.24) is 20.7 Å². The molecule has 2 aromatic rings. The summed E-state index contributed by atoms with van der Waals surface area (Å²) in [5.74, 6) is -2.52. The molecular formula is C23H31N4O7P. The van der Waals surface area contributed by atoms with E-state index in [9.17, 15) is 28.9 Å². The van der Waals surface area contributed by atoms with Gasteiger partial charge in [0, 0.05) is 25.7 Å². The summed E-state index contributed by atoms with van der Waals surface area (Å²) in [6, 6.07) is 8.48. The van der Waals surface area contributed by atoms with Crippen molar-refractivity contribution in [2.75, 3.05) is 6.73 Å². The van der Waals surface area contributed by atoms with Gasteiger partial charge >= 0.3 is 13.7 Å². The molecule has 1 heterocycles. The number of hydrogen-bond donors (Lipinski definition) is 5. The summed E-state index contributed by atoms with van der Waals surface area (Å²) in [5, 5.41) is 16.6. The Bertz CT molecular complexity index is 1050. The molecule has 190 valence electrons. The molecule has 0 radical (unpaired) electrons. The summed E-state index contributed by atoms with van der Waals surface area (Å²) in [7, 11) is -4.46. The number of carbonyl (C=O) groups excluding carboxylic acids is 2. The minimum absolute atomic E-state index is 0.0125. The van der Waals surface area contributed by atoms with E-state index in [4.69, 9.17) is 4.52 Å². The minimum atomic E-state index is -4.46. The van der Waals surface area contributed by atoms with Crippen LogP contribution in [-0.2, 0) is 29.9 Å². The first kappa shape index (κ1) is 28.1. The lowest BCUT2D eigenvalue weighted by Crippen LogP contribution is -2.50. The predicted molar refractivity (Wildman–Crippen MR) is 129 cm³/mol. The van der Waals surface area contributed by atoms with E-state index < -0.39 is 44.3 Å². The fourth-order valence-electron chi connectivity index (χ4n) is 3.22. The van der Waals surface area contributed by atoms with Gasteiger partial charge in [0.25, 0.3) is 0 Å². The Balaban J connectivity index is 2.08.